The average molecular weight is 357 g/mol. The van der Waals surface area contributed by atoms with Crippen molar-refractivity contribution in [2.75, 3.05) is 0 Å². The Morgan fingerprint density at radius 3 is 1.56 bits per heavy atom. The fourth-order valence-electron chi connectivity index (χ4n) is 2.94. The van der Waals surface area contributed by atoms with Crippen molar-refractivity contribution in [2.45, 2.75) is 103 Å². The van der Waals surface area contributed by atoms with Gasteiger partial charge >= 0.3 is 12.1 Å². The zero-order chi connectivity index (χ0) is 19.1. The summed E-state index contributed by atoms with van der Waals surface area (Å²) in [5, 5.41) is 18.2. The van der Waals surface area contributed by atoms with Gasteiger partial charge in [-0.15, -0.1) is 0 Å². The standard InChI is InChI=1S/C19H35NO5/c1-3-5-6-7-8-9-10-11-12-13-14-15-17(21)20(19(24)25)16(4-2)18(22)23/h16H,3-15H2,1-2H3,(H,22,23)(H,24,25). The Bertz CT molecular complexity index is 397. The van der Waals surface area contributed by atoms with Crippen molar-refractivity contribution in [3.8, 4) is 0 Å². The molecule has 1 atom stereocenters. The van der Waals surface area contributed by atoms with E-state index in [9.17, 15) is 14.4 Å². The van der Waals surface area contributed by atoms with Gasteiger partial charge < -0.3 is 10.2 Å². The number of hydrogen-bond donors (Lipinski definition) is 2. The van der Waals surface area contributed by atoms with E-state index in [1.54, 1.807) is 6.92 Å². The Morgan fingerprint density at radius 1 is 0.760 bits per heavy atom. The molecule has 2 N–H and O–H groups in total. The third kappa shape index (κ3) is 10.8. The quantitative estimate of drug-likeness (QED) is 0.400. The second-order valence-electron chi connectivity index (χ2n) is 6.59. The van der Waals surface area contributed by atoms with Crippen LogP contribution >= 0.6 is 0 Å². The molecule has 0 heterocycles. The zero-order valence-corrected chi connectivity index (χ0v) is 15.8. The van der Waals surface area contributed by atoms with E-state index in [0.29, 0.717) is 11.3 Å². The lowest BCUT2D eigenvalue weighted by atomic mass is 10.0. The molecule has 6 nitrogen and oxygen atoms in total. The van der Waals surface area contributed by atoms with E-state index in [4.69, 9.17) is 10.2 Å². The molecule has 0 aliphatic rings. The second-order valence-corrected chi connectivity index (χ2v) is 6.59. The maximum atomic E-state index is 12.0. The summed E-state index contributed by atoms with van der Waals surface area (Å²) >= 11 is 0. The normalized spacial score (nSPS) is 11.9. The van der Waals surface area contributed by atoms with Gasteiger partial charge in [-0.3, -0.25) is 4.79 Å². The number of carbonyl (C=O) groups excluding carboxylic acids is 1. The molecule has 25 heavy (non-hydrogen) atoms. The van der Waals surface area contributed by atoms with Crippen molar-refractivity contribution in [1.82, 2.24) is 4.90 Å². The summed E-state index contributed by atoms with van der Waals surface area (Å²) in [7, 11) is 0. The molecule has 2 amide bonds. The lowest BCUT2D eigenvalue weighted by molar-refractivity contribution is -0.148. The first-order chi connectivity index (χ1) is 12.0. The van der Waals surface area contributed by atoms with Crippen LogP contribution in [0.25, 0.3) is 0 Å². The number of aliphatic carboxylic acids is 1. The van der Waals surface area contributed by atoms with E-state index in [2.05, 4.69) is 6.92 Å². The summed E-state index contributed by atoms with van der Waals surface area (Å²) in [4.78, 5) is 34.8. The van der Waals surface area contributed by atoms with Crippen LogP contribution in [0.4, 0.5) is 4.79 Å². The van der Waals surface area contributed by atoms with E-state index in [-0.39, 0.29) is 12.8 Å². The van der Waals surface area contributed by atoms with Gasteiger partial charge in [0.2, 0.25) is 5.91 Å². The molecule has 0 bridgehead atoms. The van der Waals surface area contributed by atoms with Crippen molar-refractivity contribution in [2.24, 2.45) is 0 Å². The summed E-state index contributed by atoms with van der Waals surface area (Å²) in [5.41, 5.74) is 0. The molecule has 0 aliphatic carbocycles. The van der Waals surface area contributed by atoms with Crippen molar-refractivity contribution in [3.05, 3.63) is 0 Å². The highest BCUT2D eigenvalue weighted by molar-refractivity contribution is 5.95. The number of carboxylic acid groups (broad SMARTS) is 2. The highest BCUT2D eigenvalue weighted by Crippen LogP contribution is 2.14. The third-order valence-electron chi connectivity index (χ3n) is 4.45. The number of rotatable bonds is 15. The topological polar surface area (TPSA) is 94.9 Å². The van der Waals surface area contributed by atoms with E-state index < -0.39 is 24.0 Å². The maximum absolute atomic E-state index is 12.0. The van der Waals surface area contributed by atoms with Crippen LogP contribution in [0.1, 0.15) is 97.3 Å². The molecular weight excluding hydrogens is 322 g/mol. The predicted octanol–water partition coefficient (Wildman–Crippen LogP) is 5.06. The first-order valence-electron chi connectivity index (χ1n) is 9.73. The number of hydrogen-bond acceptors (Lipinski definition) is 3. The first kappa shape index (κ1) is 23.4. The smallest absolute Gasteiger partial charge is 0.414 e. The largest absolute Gasteiger partial charge is 0.480 e. The first-order valence-corrected chi connectivity index (χ1v) is 9.73. The molecule has 0 fully saturated rings. The van der Waals surface area contributed by atoms with Crippen LogP contribution in [0.5, 0.6) is 0 Å². The van der Waals surface area contributed by atoms with Gasteiger partial charge in [-0.05, 0) is 12.8 Å². The van der Waals surface area contributed by atoms with Crippen LogP contribution in [0.15, 0.2) is 0 Å². The van der Waals surface area contributed by atoms with Gasteiger partial charge in [0.05, 0.1) is 0 Å². The molecule has 0 aromatic heterocycles. The molecule has 146 valence electrons. The molecule has 0 aliphatic heterocycles. The summed E-state index contributed by atoms with van der Waals surface area (Å²) in [5.74, 6) is -1.89. The monoisotopic (exact) mass is 357 g/mol. The Balaban J connectivity index is 3.87. The lowest BCUT2D eigenvalue weighted by Crippen LogP contribution is -2.47. The molecule has 0 saturated carbocycles. The van der Waals surface area contributed by atoms with E-state index in [0.717, 1.165) is 19.3 Å². The average Bonchev–Trinajstić information content (AvgIpc) is 2.56. The van der Waals surface area contributed by atoms with Crippen molar-refractivity contribution in [1.29, 1.82) is 0 Å². The number of nitrogens with zero attached hydrogens (tertiary/aromatic N) is 1. The highest BCUT2D eigenvalue weighted by atomic mass is 16.4. The third-order valence-corrected chi connectivity index (χ3v) is 4.45. The number of carboxylic acids is 1. The molecule has 0 rings (SSSR count). The van der Waals surface area contributed by atoms with Crippen LogP contribution in [0.3, 0.4) is 0 Å². The Kier molecular flexibility index (Phi) is 13.8. The minimum absolute atomic E-state index is 0.0750. The molecule has 0 aromatic rings. The van der Waals surface area contributed by atoms with Crippen molar-refractivity contribution >= 4 is 18.0 Å². The Hall–Kier alpha value is -1.59. The number of amides is 2. The second kappa shape index (κ2) is 14.7. The SMILES string of the molecule is CCCCCCCCCCCCCC(=O)N(C(=O)O)C(CC)C(=O)O. The van der Waals surface area contributed by atoms with E-state index in [1.807, 2.05) is 0 Å². The van der Waals surface area contributed by atoms with Crippen LogP contribution in [0.2, 0.25) is 0 Å². The lowest BCUT2D eigenvalue weighted by Gasteiger charge is -2.23. The van der Waals surface area contributed by atoms with Gasteiger partial charge in [-0.2, -0.15) is 0 Å². The Morgan fingerprint density at radius 2 is 1.20 bits per heavy atom. The predicted molar refractivity (Wildman–Crippen MR) is 97.7 cm³/mol. The molecular formula is C19H35NO5. The summed E-state index contributed by atoms with van der Waals surface area (Å²) < 4.78 is 0. The van der Waals surface area contributed by atoms with Crippen molar-refractivity contribution < 1.29 is 24.6 Å². The van der Waals surface area contributed by atoms with Crippen LogP contribution in [-0.4, -0.2) is 39.1 Å². The highest BCUT2D eigenvalue weighted by Gasteiger charge is 2.32. The minimum atomic E-state index is -1.48. The number of unbranched alkanes of at least 4 members (excludes halogenated alkanes) is 10. The molecule has 0 spiro atoms. The minimum Gasteiger partial charge on any atom is -0.480 e. The Labute approximate surface area is 151 Å². The van der Waals surface area contributed by atoms with Crippen molar-refractivity contribution in [3.63, 3.8) is 0 Å². The molecule has 0 radical (unpaired) electrons. The fraction of sp³-hybridized carbons (Fsp3) is 0.842. The molecule has 0 saturated heterocycles. The van der Waals surface area contributed by atoms with Gasteiger partial charge in [-0.25, -0.2) is 14.5 Å². The zero-order valence-electron chi connectivity index (χ0n) is 15.8. The van der Waals surface area contributed by atoms with Gasteiger partial charge in [0.1, 0.15) is 6.04 Å². The van der Waals surface area contributed by atoms with Crippen LogP contribution in [-0.2, 0) is 9.59 Å². The summed E-state index contributed by atoms with van der Waals surface area (Å²) in [6.45, 7) is 3.77. The number of imide groups is 1. The fourth-order valence-corrected chi connectivity index (χ4v) is 2.94. The van der Waals surface area contributed by atoms with E-state index in [1.165, 1.54) is 44.9 Å². The number of carbonyl (C=O) groups is 3. The van der Waals surface area contributed by atoms with Crippen LogP contribution in [0, 0.1) is 0 Å². The summed E-state index contributed by atoms with van der Waals surface area (Å²) in [6.07, 6.45) is 11.3. The van der Waals surface area contributed by atoms with Crippen LogP contribution < -0.4 is 0 Å². The molecule has 1 unspecified atom stereocenters. The van der Waals surface area contributed by atoms with Gasteiger partial charge in [0.25, 0.3) is 0 Å². The van der Waals surface area contributed by atoms with Gasteiger partial charge in [-0.1, -0.05) is 78.1 Å². The summed E-state index contributed by atoms with van der Waals surface area (Å²) in [6, 6.07) is -1.29. The van der Waals surface area contributed by atoms with Gasteiger partial charge in [0, 0.05) is 6.42 Å². The maximum Gasteiger partial charge on any atom is 0.414 e. The molecule has 0 aromatic carbocycles. The van der Waals surface area contributed by atoms with E-state index >= 15 is 0 Å². The molecule has 6 heteroatoms. The van der Waals surface area contributed by atoms with Gasteiger partial charge in [0.15, 0.2) is 0 Å².